The van der Waals surface area contributed by atoms with Gasteiger partial charge in [-0.05, 0) is 48.6 Å². The van der Waals surface area contributed by atoms with Gasteiger partial charge >= 0.3 is 5.97 Å². The summed E-state index contributed by atoms with van der Waals surface area (Å²) in [7, 11) is 2.84. The van der Waals surface area contributed by atoms with E-state index < -0.39 is 12.1 Å². The van der Waals surface area contributed by atoms with Crippen molar-refractivity contribution in [3.63, 3.8) is 0 Å². The van der Waals surface area contributed by atoms with E-state index in [0.717, 1.165) is 36.8 Å². The number of aliphatic hydroxyl groups excluding tert-OH is 1. The van der Waals surface area contributed by atoms with Gasteiger partial charge < -0.3 is 29.8 Å². The van der Waals surface area contributed by atoms with E-state index in [1.54, 1.807) is 24.4 Å². The molecule has 4 rings (SSSR count). The largest absolute Gasteiger partial charge is 0.465 e. The van der Waals surface area contributed by atoms with Crippen molar-refractivity contribution in [2.75, 3.05) is 33.9 Å². The Kier molecular flexibility index (Phi) is 11.8. The van der Waals surface area contributed by atoms with Crippen LogP contribution in [-0.4, -0.2) is 83.7 Å². The van der Waals surface area contributed by atoms with Crippen molar-refractivity contribution >= 4 is 17.7 Å². The second-order valence-corrected chi connectivity index (χ2v) is 11.2. The maximum absolute atomic E-state index is 14.2. The topological polar surface area (TPSA) is 134 Å². The number of carbonyl (C=O) groups excluding carboxylic acids is 3. The second kappa shape index (κ2) is 15.7. The molecule has 0 radical (unpaired) electrons. The molecule has 1 amide bonds. The van der Waals surface area contributed by atoms with Gasteiger partial charge in [0.15, 0.2) is 5.78 Å². The first-order valence-electron chi connectivity index (χ1n) is 15.4. The number of H-pyrrole nitrogens is 1. The highest BCUT2D eigenvalue weighted by Gasteiger charge is 2.28. The molecule has 0 fully saturated rings. The molecular weight excluding hydrogens is 560 g/mol. The van der Waals surface area contributed by atoms with Gasteiger partial charge in [0.05, 0.1) is 19.3 Å². The molecule has 2 atom stereocenters. The Balaban J connectivity index is 1.66. The molecule has 2 heterocycles. The number of hydrogen-bond acceptors (Lipinski definition) is 8. The quantitative estimate of drug-likeness (QED) is 0.175. The predicted octanol–water partition coefficient (Wildman–Crippen LogP) is 4.09. The molecule has 236 valence electrons. The van der Waals surface area contributed by atoms with E-state index in [-0.39, 0.29) is 29.9 Å². The molecule has 0 bridgehead atoms. The summed E-state index contributed by atoms with van der Waals surface area (Å²) in [5, 5.41) is 13.0. The fraction of sp³-hybridized carbons (Fsp3) is 0.471. The van der Waals surface area contributed by atoms with Gasteiger partial charge in [-0.15, -0.1) is 0 Å². The molecule has 1 aliphatic heterocycles. The number of imidazole rings is 1. The number of esters is 1. The highest BCUT2D eigenvalue weighted by Crippen LogP contribution is 2.29. The van der Waals surface area contributed by atoms with Crippen LogP contribution in [-0.2, 0) is 33.7 Å². The monoisotopic (exact) mass is 604 g/mol. The van der Waals surface area contributed by atoms with Gasteiger partial charge in [-0.25, -0.2) is 9.78 Å². The Labute approximate surface area is 259 Å². The fourth-order valence-electron chi connectivity index (χ4n) is 5.59. The summed E-state index contributed by atoms with van der Waals surface area (Å²) in [5.41, 5.74) is 4.14. The Morgan fingerprint density at radius 1 is 1.07 bits per heavy atom. The number of aromatic nitrogens is 2. The maximum Gasteiger partial charge on any atom is 0.337 e. The molecule has 10 heteroatoms. The van der Waals surface area contributed by atoms with Gasteiger partial charge in [-0.3, -0.25) is 9.59 Å². The van der Waals surface area contributed by atoms with Gasteiger partial charge in [0.25, 0.3) is 5.91 Å². The molecule has 3 aromatic rings. The molecule has 0 aliphatic carbocycles. The molecule has 1 aromatic heterocycles. The number of rotatable bonds is 15. The van der Waals surface area contributed by atoms with Crippen molar-refractivity contribution in [2.45, 2.75) is 71.1 Å². The number of hydrogen-bond donors (Lipinski definition) is 3. The smallest absolute Gasteiger partial charge is 0.337 e. The second-order valence-electron chi connectivity index (χ2n) is 11.2. The van der Waals surface area contributed by atoms with E-state index in [1.807, 2.05) is 17.0 Å². The molecule has 2 unspecified atom stereocenters. The lowest BCUT2D eigenvalue weighted by Gasteiger charge is -2.26. The first kappa shape index (κ1) is 33.0. The number of unbranched alkanes of at least 4 members (excludes halogenated alkanes) is 2. The van der Waals surface area contributed by atoms with Crippen molar-refractivity contribution in [3.8, 4) is 11.4 Å². The number of carbonyl (C=O) groups is 3. The minimum absolute atomic E-state index is 0.0415. The average molecular weight is 605 g/mol. The fourth-order valence-corrected chi connectivity index (χ4v) is 5.59. The highest BCUT2D eigenvalue weighted by molar-refractivity contribution is 6.14. The molecule has 0 saturated carbocycles. The Morgan fingerprint density at radius 3 is 2.48 bits per heavy atom. The molecule has 0 saturated heterocycles. The summed E-state index contributed by atoms with van der Waals surface area (Å²) in [6, 6.07) is 10.3. The van der Waals surface area contributed by atoms with E-state index in [4.69, 9.17) is 9.47 Å². The molecule has 10 nitrogen and oxygen atoms in total. The van der Waals surface area contributed by atoms with Gasteiger partial charge in [-0.2, -0.15) is 0 Å². The molecule has 0 spiro atoms. The summed E-state index contributed by atoms with van der Waals surface area (Å²) >= 11 is 0. The molecule has 2 aromatic carbocycles. The zero-order valence-corrected chi connectivity index (χ0v) is 26.2. The van der Waals surface area contributed by atoms with E-state index in [1.165, 1.54) is 20.3 Å². The van der Waals surface area contributed by atoms with Crippen LogP contribution in [0.25, 0.3) is 11.4 Å². The first-order chi connectivity index (χ1) is 21.3. The number of nitrogens with zero attached hydrogens (tertiary/aromatic N) is 2. The van der Waals surface area contributed by atoms with Gasteiger partial charge in [0.1, 0.15) is 11.9 Å². The number of fused-ring (bicyclic) bond motifs is 1. The summed E-state index contributed by atoms with van der Waals surface area (Å²) in [4.78, 5) is 49.8. The zero-order chi connectivity index (χ0) is 31.6. The van der Waals surface area contributed by atoms with E-state index in [9.17, 15) is 19.5 Å². The predicted molar refractivity (Wildman–Crippen MR) is 168 cm³/mol. The number of ketones is 1. The number of aromatic amines is 1. The number of methoxy groups -OCH3 is 2. The lowest BCUT2D eigenvalue weighted by molar-refractivity contribution is -0.142. The number of amides is 1. The first-order valence-corrected chi connectivity index (χ1v) is 15.4. The molecule has 3 N–H and O–H groups in total. The molecule has 44 heavy (non-hydrogen) atoms. The number of ether oxygens (including phenoxy) is 2. The van der Waals surface area contributed by atoms with Crippen molar-refractivity contribution in [1.82, 2.24) is 20.2 Å². The minimum Gasteiger partial charge on any atom is -0.465 e. The van der Waals surface area contributed by atoms with Crippen LogP contribution in [0.5, 0.6) is 0 Å². The zero-order valence-electron chi connectivity index (χ0n) is 26.2. The number of nitrogens with one attached hydrogen (secondary N) is 2. The van der Waals surface area contributed by atoms with E-state index >= 15 is 0 Å². The lowest BCUT2D eigenvalue weighted by Crippen LogP contribution is -2.42. The van der Waals surface area contributed by atoms with Crippen molar-refractivity contribution in [1.29, 1.82) is 0 Å². The highest BCUT2D eigenvalue weighted by atomic mass is 16.5. The molecular formula is C34H44N4O6. The van der Waals surface area contributed by atoms with Crippen LogP contribution in [0.15, 0.2) is 42.6 Å². The van der Waals surface area contributed by atoms with Gasteiger partial charge in [0, 0.05) is 67.8 Å². The normalized spacial score (nSPS) is 15.0. The standard InChI is InChI=1S/C34H44N4O6/c1-5-7-14-38(15-8-6-2)33(41)30(43-3)18-24-20-36-32(37-24)27-13-12-22(34(42)44-4)16-29(27)31(40)26-11-9-10-23-19-35-25(21-39)17-28(23)26/h9-13,16,20,25,30,35,39H,5-8,14-15,17-19,21H2,1-4H3,(H,36,37). The van der Waals surface area contributed by atoms with E-state index in [2.05, 4.69) is 29.1 Å². The number of benzene rings is 2. The molecule has 1 aliphatic rings. The lowest BCUT2D eigenvalue weighted by atomic mass is 9.87. The van der Waals surface area contributed by atoms with E-state index in [0.29, 0.717) is 60.7 Å². The Hall–Kier alpha value is -3.86. The summed E-state index contributed by atoms with van der Waals surface area (Å²) in [5.74, 6) is -0.418. The summed E-state index contributed by atoms with van der Waals surface area (Å²) in [6.07, 6.45) is 5.63. The van der Waals surface area contributed by atoms with Gasteiger partial charge in [-0.1, -0.05) is 44.9 Å². The Morgan fingerprint density at radius 2 is 1.82 bits per heavy atom. The van der Waals surface area contributed by atoms with Crippen molar-refractivity contribution < 1.29 is 29.0 Å². The Bertz CT molecular complexity index is 1440. The van der Waals surface area contributed by atoms with Crippen LogP contribution < -0.4 is 5.32 Å². The van der Waals surface area contributed by atoms with Crippen LogP contribution in [0.4, 0.5) is 0 Å². The minimum atomic E-state index is -0.677. The van der Waals surface area contributed by atoms with Crippen LogP contribution in [0.3, 0.4) is 0 Å². The van der Waals surface area contributed by atoms with Crippen molar-refractivity contribution in [3.05, 3.63) is 76.1 Å². The van der Waals surface area contributed by atoms with Gasteiger partial charge in [0.2, 0.25) is 0 Å². The van der Waals surface area contributed by atoms with Crippen molar-refractivity contribution in [2.24, 2.45) is 0 Å². The van der Waals surface area contributed by atoms with Crippen LogP contribution in [0.2, 0.25) is 0 Å². The average Bonchev–Trinajstić information content (AvgIpc) is 3.53. The van der Waals surface area contributed by atoms with Crippen LogP contribution in [0.1, 0.15) is 82.6 Å². The van der Waals surface area contributed by atoms with Crippen LogP contribution in [0, 0.1) is 0 Å². The SMILES string of the molecule is CCCCN(CCCC)C(=O)C(Cc1cnc(-c2ccc(C(=O)OC)cc2C(=O)c2cccc3c2CC(CO)NC3)[nH]1)OC. The third kappa shape index (κ3) is 7.61. The maximum atomic E-state index is 14.2. The summed E-state index contributed by atoms with van der Waals surface area (Å²) < 4.78 is 10.6. The third-order valence-electron chi connectivity index (χ3n) is 8.18. The third-order valence-corrected chi connectivity index (χ3v) is 8.18. The summed E-state index contributed by atoms with van der Waals surface area (Å²) in [6.45, 7) is 6.11. The number of aliphatic hydroxyl groups is 1. The van der Waals surface area contributed by atoms with Crippen LogP contribution >= 0.6 is 0 Å².